The molecule has 0 bridgehead atoms. The van der Waals surface area contributed by atoms with Crippen LogP contribution in [-0.4, -0.2) is 0 Å². The molecule has 0 saturated carbocycles. The Balaban J connectivity index is 2.10. The number of unbranched alkanes of at least 4 members (excludes halogenated alkanes) is 5. The number of hydrogen-bond donors (Lipinski definition) is 0. The molecule has 1 radical (unpaired) electrons. The van der Waals surface area contributed by atoms with Gasteiger partial charge in [0, 0.05) is 5.02 Å². The second-order valence-corrected chi connectivity index (χ2v) is 4.41. The summed E-state index contributed by atoms with van der Waals surface area (Å²) in [4.78, 5) is 0. The Morgan fingerprint density at radius 2 is 2.07 bits per heavy atom. The van der Waals surface area contributed by atoms with Gasteiger partial charge >= 0.3 is 0 Å². The van der Waals surface area contributed by atoms with Crippen LogP contribution in [-0.2, 0) is 6.42 Å². The van der Waals surface area contributed by atoms with Crippen molar-refractivity contribution in [2.24, 2.45) is 0 Å². The van der Waals surface area contributed by atoms with Crippen molar-refractivity contribution < 1.29 is 0 Å². The van der Waals surface area contributed by atoms with Crippen molar-refractivity contribution in [3.63, 3.8) is 0 Å². The smallest absolute Gasteiger partial charge is 0.0408 e. The first-order valence-corrected chi connectivity index (χ1v) is 6.27. The van der Waals surface area contributed by atoms with Gasteiger partial charge in [0.25, 0.3) is 0 Å². The molecule has 15 heavy (non-hydrogen) atoms. The van der Waals surface area contributed by atoms with Gasteiger partial charge in [-0.25, -0.2) is 0 Å². The number of halogens is 1. The fraction of sp³-hybridized carbons (Fsp3) is 0.500. The Kier molecular flexibility index (Phi) is 6.50. The van der Waals surface area contributed by atoms with Crippen molar-refractivity contribution in [1.29, 1.82) is 0 Å². The summed E-state index contributed by atoms with van der Waals surface area (Å²) in [5.41, 5.74) is 1.32. The van der Waals surface area contributed by atoms with Crippen molar-refractivity contribution in [3.8, 4) is 0 Å². The predicted octanol–water partition coefficient (Wildman–Crippen LogP) is 5.06. The first kappa shape index (κ1) is 12.6. The highest BCUT2D eigenvalue weighted by molar-refractivity contribution is 6.30. The standard InChI is InChI=1S/C14H20Cl/c1-2-3-4-5-6-7-9-13-10-8-11-14(15)12-13/h7-8,10-12H,2-6,9H2,1H3. The minimum atomic E-state index is 0.840. The van der Waals surface area contributed by atoms with Crippen LogP contribution >= 0.6 is 11.6 Å². The topological polar surface area (TPSA) is 0 Å². The van der Waals surface area contributed by atoms with E-state index in [1.54, 1.807) is 0 Å². The summed E-state index contributed by atoms with van der Waals surface area (Å²) in [6, 6.07) is 8.12. The third-order valence-corrected chi connectivity index (χ3v) is 2.77. The van der Waals surface area contributed by atoms with Crippen LogP contribution in [0.1, 0.15) is 44.6 Å². The first-order valence-electron chi connectivity index (χ1n) is 5.89. The third-order valence-electron chi connectivity index (χ3n) is 2.53. The summed E-state index contributed by atoms with van der Waals surface area (Å²) < 4.78 is 0. The van der Waals surface area contributed by atoms with Crippen LogP contribution in [0, 0.1) is 6.42 Å². The minimum absolute atomic E-state index is 0.840. The fourth-order valence-corrected chi connectivity index (χ4v) is 1.86. The molecule has 0 amide bonds. The van der Waals surface area contributed by atoms with Gasteiger partial charge in [0.1, 0.15) is 0 Å². The Morgan fingerprint density at radius 1 is 1.20 bits per heavy atom. The molecule has 1 aromatic rings. The summed E-state index contributed by atoms with van der Waals surface area (Å²) in [5, 5.41) is 0.840. The van der Waals surface area contributed by atoms with Crippen LogP contribution in [0.4, 0.5) is 0 Å². The zero-order valence-corrected chi connectivity index (χ0v) is 10.3. The molecular weight excluding hydrogens is 204 g/mol. The predicted molar refractivity (Wildman–Crippen MR) is 68.2 cm³/mol. The van der Waals surface area contributed by atoms with E-state index in [9.17, 15) is 0 Å². The van der Waals surface area contributed by atoms with Crippen molar-refractivity contribution >= 4 is 11.6 Å². The summed E-state index contributed by atoms with van der Waals surface area (Å²) in [6.45, 7) is 2.25. The monoisotopic (exact) mass is 223 g/mol. The van der Waals surface area contributed by atoms with E-state index in [1.165, 1.54) is 37.7 Å². The van der Waals surface area contributed by atoms with Crippen molar-refractivity contribution in [1.82, 2.24) is 0 Å². The number of benzene rings is 1. The third kappa shape index (κ3) is 5.84. The van der Waals surface area contributed by atoms with Gasteiger partial charge in [0.2, 0.25) is 0 Å². The van der Waals surface area contributed by atoms with Crippen LogP contribution in [0.15, 0.2) is 24.3 Å². The first-order chi connectivity index (χ1) is 7.33. The molecule has 0 spiro atoms. The molecule has 0 atom stereocenters. The fourth-order valence-electron chi connectivity index (χ4n) is 1.65. The maximum absolute atomic E-state index is 5.91. The Bertz CT molecular complexity index is 268. The van der Waals surface area contributed by atoms with Gasteiger partial charge in [-0.15, -0.1) is 0 Å². The second kappa shape index (κ2) is 7.76. The van der Waals surface area contributed by atoms with Crippen molar-refractivity contribution in [2.75, 3.05) is 0 Å². The Labute approximate surface area is 98.7 Å². The van der Waals surface area contributed by atoms with Gasteiger partial charge in [-0.05, 0) is 37.0 Å². The number of rotatable bonds is 7. The highest BCUT2D eigenvalue weighted by Gasteiger charge is 1.95. The van der Waals surface area contributed by atoms with E-state index in [-0.39, 0.29) is 0 Å². The molecule has 0 aliphatic carbocycles. The van der Waals surface area contributed by atoms with Crippen LogP contribution in [0.25, 0.3) is 0 Å². The van der Waals surface area contributed by atoms with Crippen LogP contribution in [0.3, 0.4) is 0 Å². The highest BCUT2D eigenvalue weighted by atomic mass is 35.5. The van der Waals surface area contributed by atoms with Gasteiger partial charge < -0.3 is 0 Å². The molecule has 0 nitrogen and oxygen atoms in total. The van der Waals surface area contributed by atoms with E-state index >= 15 is 0 Å². The SMILES string of the molecule is CCCCCC[CH]Cc1cccc(Cl)c1. The Hall–Kier alpha value is -0.490. The summed E-state index contributed by atoms with van der Waals surface area (Å²) in [6.07, 6.45) is 10.0. The van der Waals surface area contributed by atoms with E-state index in [0.717, 1.165) is 11.4 Å². The normalized spacial score (nSPS) is 10.5. The lowest BCUT2D eigenvalue weighted by molar-refractivity contribution is 0.657. The largest absolute Gasteiger partial charge is 0.0843 e. The van der Waals surface area contributed by atoms with Crippen LogP contribution in [0.2, 0.25) is 5.02 Å². The minimum Gasteiger partial charge on any atom is -0.0843 e. The maximum atomic E-state index is 5.91. The molecule has 0 unspecified atom stereocenters. The van der Waals surface area contributed by atoms with Gasteiger partial charge in [-0.1, -0.05) is 56.3 Å². The molecule has 0 aliphatic heterocycles. The molecule has 1 rings (SSSR count). The van der Waals surface area contributed by atoms with E-state index in [2.05, 4.69) is 19.4 Å². The maximum Gasteiger partial charge on any atom is 0.0408 e. The zero-order valence-electron chi connectivity index (χ0n) is 9.51. The number of hydrogen-bond acceptors (Lipinski definition) is 0. The quantitative estimate of drug-likeness (QED) is 0.567. The molecule has 1 heteroatoms. The summed E-state index contributed by atoms with van der Waals surface area (Å²) >= 11 is 5.91. The van der Waals surface area contributed by atoms with Crippen LogP contribution in [0.5, 0.6) is 0 Å². The van der Waals surface area contributed by atoms with Gasteiger partial charge in [-0.2, -0.15) is 0 Å². The molecule has 0 N–H and O–H groups in total. The lowest BCUT2D eigenvalue weighted by atomic mass is 10.1. The molecule has 0 heterocycles. The molecule has 1 aromatic carbocycles. The lowest BCUT2D eigenvalue weighted by Crippen LogP contribution is -1.87. The second-order valence-electron chi connectivity index (χ2n) is 3.97. The molecule has 0 saturated heterocycles. The van der Waals surface area contributed by atoms with Crippen LogP contribution < -0.4 is 0 Å². The van der Waals surface area contributed by atoms with Gasteiger partial charge in [0.05, 0.1) is 0 Å². The van der Waals surface area contributed by atoms with Crippen molar-refractivity contribution in [2.45, 2.75) is 45.4 Å². The summed E-state index contributed by atoms with van der Waals surface area (Å²) in [7, 11) is 0. The molecule has 0 fully saturated rings. The van der Waals surface area contributed by atoms with Gasteiger partial charge in [-0.3, -0.25) is 0 Å². The average molecular weight is 224 g/mol. The zero-order chi connectivity index (χ0) is 10.9. The Morgan fingerprint density at radius 3 is 2.80 bits per heavy atom. The molecular formula is C14H20Cl. The molecule has 83 valence electrons. The van der Waals surface area contributed by atoms with E-state index in [1.807, 2.05) is 18.2 Å². The highest BCUT2D eigenvalue weighted by Crippen LogP contribution is 2.13. The molecule has 0 aromatic heterocycles. The average Bonchev–Trinajstić information content (AvgIpc) is 2.23. The molecule has 0 aliphatic rings. The van der Waals surface area contributed by atoms with E-state index < -0.39 is 0 Å². The van der Waals surface area contributed by atoms with Gasteiger partial charge in [0.15, 0.2) is 0 Å². The summed E-state index contributed by atoms with van der Waals surface area (Å²) in [5.74, 6) is 0. The van der Waals surface area contributed by atoms with E-state index in [0.29, 0.717) is 0 Å². The van der Waals surface area contributed by atoms with E-state index in [4.69, 9.17) is 11.6 Å². The van der Waals surface area contributed by atoms with Crippen molar-refractivity contribution in [3.05, 3.63) is 41.3 Å². The lowest BCUT2D eigenvalue weighted by Gasteiger charge is -2.02.